The lowest BCUT2D eigenvalue weighted by molar-refractivity contribution is 0.103. The van der Waals surface area contributed by atoms with Crippen LogP contribution in [0.2, 0.25) is 0 Å². The number of ketones is 1. The van der Waals surface area contributed by atoms with Gasteiger partial charge in [-0.2, -0.15) is 0 Å². The fourth-order valence-corrected chi connectivity index (χ4v) is 2.40. The van der Waals surface area contributed by atoms with Crippen LogP contribution < -0.4 is 4.74 Å². The van der Waals surface area contributed by atoms with Crippen LogP contribution in [0, 0.1) is 0 Å². The minimum Gasteiger partial charge on any atom is -0.496 e. The number of rotatable bonds is 1. The molecule has 2 aromatic carbocycles. The van der Waals surface area contributed by atoms with Gasteiger partial charge in [0, 0.05) is 5.39 Å². The highest BCUT2D eigenvalue weighted by molar-refractivity contribution is 6.24. The summed E-state index contributed by atoms with van der Waals surface area (Å²) in [6, 6.07) is 9.90. The van der Waals surface area contributed by atoms with E-state index >= 15 is 0 Å². The first-order chi connectivity index (χ1) is 8.22. The molecule has 2 nitrogen and oxygen atoms in total. The summed E-state index contributed by atoms with van der Waals surface area (Å²) in [6.45, 7) is 1.84. The standard InChI is InChI=1S/C15H12O2/c1-9-8-11-5-3-4-10-6-7-12(17-2)14(13(10)11)15(9)16/h3-8H,1-2H3. The summed E-state index contributed by atoms with van der Waals surface area (Å²) in [5.41, 5.74) is 2.55. The lowest BCUT2D eigenvalue weighted by Gasteiger charge is -2.17. The molecule has 0 bridgehead atoms. The number of hydrogen-bond donors (Lipinski definition) is 0. The number of hydrogen-bond acceptors (Lipinski definition) is 2. The summed E-state index contributed by atoms with van der Waals surface area (Å²) < 4.78 is 5.30. The van der Waals surface area contributed by atoms with Gasteiger partial charge in [0.1, 0.15) is 5.75 Å². The summed E-state index contributed by atoms with van der Waals surface area (Å²) in [7, 11) is 1.60. The van der Waals surface area contributed by atoms with Crippen LogP contribution in [0.15, 0.2) is 35.9 Å². The van der Waals surface area contributed by atoms with E-state index in [0.717, 1.165) is 21.9 Å². The molecule has 0 spiro atoms. The molecule has 2 heteroatoms. The quantitative estimate of drug-likeness (QED) is 0.741. The van der Waals surface area contributed by atoms with Crippen LogP contribution in [0.5, 0.6) is 5.75 Å². The van der Waals surface area contributed by atoms with E-state index in [1.165, 1.54) is 0 Å². The zero-order chi connectivity index (χ0) is 12.0. The van der Waals surface area contributed by atoms with E-state index in [1.54, 1.807) is 7.11 Å². The van der Waals surface area contributed by atoms with Gasteiger partial charge in [0.25, 0.3) is 0 Å². The van der Waals surface area contributed by atoms with Crippen molar-refractivity contribution >= 4 is 22.6 Å². The first-order valence-electron chi connectivity index (χ1n) is 5.55. The van der Waals surface area contributed by atoms with E-state index in [2.05, 4.69) is 0 Å². The Kier molecular flexibility index (Phi) is 2.05. The second-order valence-corrected chi connectivity index (χ2v) is 4.24. The molecule has 0 aliphatic heterocycles. The Balaban J connectivity index is 2.52. The predicted molar refractivity (Wildman–Crippen MR) is 68.5 cm³/mol. The van der Waals surface area contributed by atoms with Crippen LogP contribution >= 0.6 is 0 Å². The van der Waals surface area contributed by atoms with Crippen molar-refractivity contribution in [2.24, 2.45) is 0 Å². The largest absolute Gasteiger partial charge is 0.496 e. The molecule has 0 saturated carbocycles. The number of benzene rings is 2. The lowest BCUT2D eigenvalue weighted by Crippen LogP contribution is -2.08. The normalized spacial score (nSPS) is 13.8. The van der Waals surface area contributed by atoms with Gasteiger partial charge in [-0.1, -0.05) is 24.3 Å². The van der Waals surface area contributed by atoms with Crippen LogP contribution in [0.25, 0.3) is 16.8 Å². The number of Topliss-reactive ketones (excluding diaryl/α,β-unsaturated/α-hetero) is 1. The number of carbonyl (C=O) groups excluding carboxylic acids is 1. The molecule has 17 heavy (non-hydrogen) atoms. The molecule has 84 valence electrons. The molecular formula is C15H12O2. The second kappa shape index (κ2) is 3.45. The van der Waals surface area contributed by atoms with Crippen LogP contribution in [-0.4, -0.2) is 12.9 Å². The van der Waals surface area contributed by atoms with Crippen molar-refractivity contribution < 1.29 is 9.53 Å². The topological polar surface area (TPSA) is 26.3 Å². The minimum atomic E-state index is 0.0613. The molecule has 2 aromatic rings. The smallest absolute Gasteiger partial charge is 0.193 e. The van der Waals surface area contributed by atoms with Crippen LogP contribution in [0.4, 0.5) is 0 Å². The minimum absolute atomic E-state index is 0.0613. The number of ether oxygens (including phenoxy) is 1. The Morgan fingerprint density at radius 1 is 1.12 bits per heavy atom. The first kappa shape index (κ1) is 10.1. The zero-order valence-corrected chi connectivity index (χ0v) is 9.78. The maximum Gasteiger partial charge on any atom is 0.193 e. The van der Waals surface area contributed by atoms with Crippen molar-refractivity contribution in [3.05, 3.63) is 47.0 Å². The van der Waals surface area contributed by atoms with E-state index in [4.69, 9.17) is 4.74 Å². The van der Waals surface area contributed by atoms with Crippen LogP contribution in [-0.2, 0) is 0 Å². The number of methoxy groups -OCH3 is 1. The molecule has 0 radical (unpaired) electrons. The fraction of sp³-hybridized carbons (Fsp3) is 0.133. The summed E-state index contributed by atoms with van der Waals surface area (Å²) in [4.78, 5) is 12.2. The highest BCUT2D eigenvalue weighted by Crippen LogP contribution is 2.36. The van der Waals surface area contributed by atoms with Gasteiger partial charge in [-0.3, -0.25) is 4.79 Å². The summed E-state index contributed by atoms with van der Waals surface area (Å²) in [5, 5.41) is 2.08. The molecular weight excluding hydrogens is 212 g/mol. The molecule has 0 saturated heterocycles. The van der Waals surface area contributed by atoms with Gasteiger partial charge >= 0.3 is 0 Å². The summed E-state index contributed by atoms with van der Waals surface area (Å²) >= 11 is 0. The maximum atomic E-state index is 12.2. The van der Waals surface area contributed by atoms with E-state index in [9.17, 15) is 4.79 Å². The van der Waals surface area contributed by atoms with E-state index in [1.807, 2.05) is 43.3 Å². The van der Waals surface area contributed by atoms with Crippen LogP contribution in [0.1, 0.15) is 22.8 Å². The third-order valence-electron chi connectivity index (χ3n) is 3.22. The maximum absolute atomic E-state index is 12.2. The Labute approximate surface area is 99.5 Å². The van der Waals surface area contributed by atoms with Gasteiger partial charge in [0.2, 0.25) is 0 Å². The average Bonchev–Trinajstić information content (AvgIpc) is 2.35. The molecule has 1 aliphatic carbocycles. The van der Waals surface area contributed by atoms with Gasteiger partial charge in [-0.15, -0.1) is 0 Å². The molecule has 0 N–H and O–H groups in total. The fourth-order valence-electron chi connectivity index (χ4n) is 2.40. The summed E-state index contributed by atoms with van der Waals surface area (Å²) in [5.74, 6) is 0.716. The van der Waals surface area contributed by atoms with Crippen molar-refractivity contribution in [2.75, 3.05) is 7.11 Å². The first-order valence-corrected chi connectivity index (χ1v) is 5.55. The van der Waals surface area contributed by atoms with E-state index < -0.39 is 0 Å². The van der Waals surface area contributed by atoms with Crippen molar-refractivity contribution in [3.63, 3.8) is 0 Å². The SMILES string of the molecule is COc1ccc2cccc3c2c1C(=O)C(C)=C3. The Bertz CT molecular complexity index is 666. The van der Waals surface area contributed by atoms with Crippen molar-refractivity contribution in [1.82, 2.24) is 0 Å². The Morgan fingerprint density at radius 2 is 1.94 bits per heavy atom. The van der Waals surface area contributed by atoms with Gasteiger partial charge in [0.15, 0.2) is 5.78 Å². The Morgan fingerprint density at radius 3 is 2.71 bits per heavy atom. The highest BCUT2D eigenvalue weighted by Gasteiger charge is 2.22. The molecule has 0 atom stereocenters. The molecule has 0 amide bonds. The molecule has 0 aromatic heterocycles. The van der Waals surface area contributed by atoms with Crippen LogP contribution in [0.3, 0.4) is 0 Å². The van der Waals surface area contributed by atoms with Crippen molar-refractivity contribution in [1.29, 1.82) is 0 Å². The van der Waals surface area contributed by atoms with Crippen molar-refractivity contribution in [2.45, 2.75) is 6.92 Å². The molecule has 0 unspecified atom stereocenters. The van der Waals surface area contributed by atoms with Crippen molar-refractivity contribution in [3.8, 4) is 5.75 Å². The van der Waals surface area contributed by atoms with Gasteiger partial charge in [-0.05, 0) is 35.6 Å². The molecule has 0 heterocycles. The number of allylic oxidation sites excluding steroid dienone is 1. The molecule has 1 aliphatic rings. The molecule has 3 rings (SSSR count). The van der Waals surface area contributed by atoms with Gasteiger partial charge in [-0.25, -0.2) is 0 Å². The highest BCUT2D eigenvalue weighted by atomic mass is 16.5. The predicted octanol–water partition coefficient (Wildman–Crippen LogP) is 3.45. The van der Waals surface area contributed by atoms with E-state index in [-0.39, 0.29) is 5.78 Å². The Hall–Kier alpha value is -2.09. The zero-order valence-electron chi connectivity index (χ0n) is 9.78. The third kappa shape index (κ3) is 1.30. The van der Waals surface area contributed by atoms with E-state index in [0.29, 0.717) is 11.3 Å². The van der Waals surface area contributed by atoms with Gasteiger partial charge in [0.05, 0.1) is 12.7 Å². The third-order valence-corrected chi connectivity index (χ3v) is 3.22. The monoisotopic (exact) mass is 224 g/mol. The molecule has 0 fully saturated rings. The number of carbonyl (C=O) groups is 1. The average molecular weight is 224 g/mol. The lowest BCUT2D eigenvalue weighted by atomic mass is 9.88. The second-order valence-electron chi connectivity index (χ2n) is 4.24. The van der Waals surface area contributed by atoms with Gasteiger partial charge < -0.3 is 4.74 Å². The summed E-state index contributed by atoms with van der Waals surface area (Å²) in [6.07, 6.45) is 1.94.